The molecule has 1 aliphatic heterocycles. The molecule has 0 bridgehead atoms. The van der Waals surface area contributed by atoms with Crippen LogP contribution in [0.1, 0.15) is 49.1 Å². The second-order valence-electron chi connectivity index (χ2n) is 6.84. The van der Waals surface area contributed by atoms with Crippen LogP contribution in [0.25, 0.3) is 0 Å². The van der Waals surface area contributed by atoms with E-state index < -0.39 is 36.7 Å². The van der Waals surface area contributed by atoms with E-state index in [2.05, 4.69) is 15.3 Å². The van der Waals surface area contributed by atoms with Crippen molar-refractivity contribution in [2.75, 3.05) is 18.4 Å². The molecule has 0 spiro atoms. The van der Waals surface area contributed by atoms with Gasteiger partial charge in [-0.25, -0.2) is 17.6 Å². The highest BCUT2D eigenvalue weighted by molar-refractivity contribution is 5.90. The number of alkyl halides is 4. The maximum Gasteiger partial charge on any atom is 0.282 e. The molecule has 0 atom stereocenters. The largest absolute Gasteiger partial charge is 0.324 e. The summed E-state index contributed by atoms with van der Waals surface area (Å²) in [6.45, 7) is 2.43. The standard InChI is InChI=1S/C19H22F4N4O/c20-18(21)15-10-16(19(22)23)27(25-15)12-17(28)24-14-6-4-13(5-7-14)11-26-8-2-1-3-9-26/h4-7,10,18-19H,1-3,8-9,11-12H2,(H,24,28). The molecule has 9 heteroatoms. The molecule has 1 aromatic carbocycles. The van der Waals surface area contributed by atoms with Crippen molar-refractivity contribution in [3.63, 3.8) is 0 Å². The number of carbonyl (C=O) groups is 1. The number of amides is 1. The molecule has 0 aliphatic carbocycles. The van der Waals surface area contributed by atoms with E-state index in [-0.39, 0.29) is 0 Å². The normalized spacial score (nSPS) is 15.4. The Bertz CT molecular complexity index is 786. The van der Waals surface area contributed by atoms with Gasteiger partial charge in [-0.2, -0.15) is 5.10 Å². The lowest BCUT2D eigenvalue weighted by Gasteiger charge is -2.26. The maximum atomic E-state index is 13.0. The SMILES string of the molecule is O=C(Cn1nc(C(F)F)cc1C(F)F)Nc1ccc(CN2CCCCC2)cc1. The number of anilines is 1. The highest BCUT2D eigenvalue weighted by Gasteiger charge is 2.22. The van der Waals surface area contributed by atoms with Crippen LogP contribution >= 0.6 is 0 Å². The van der Waals surface area contributed by atoms with E-state index in [4.69, 9.17) is 0 Å². The molecule has 2 aromatic rings. The van der Waals surface area contributed by atoms with Crippen molar-refractivity contribution < 1.29 is 22.4 Å². The van der Waals surface area contributed by atoms with E-state index in [9.17, 15) is 22.4 Å². The number of aromatic nitrogens is 2. The molecule has 1 amide bonds. The Morgan fingerprint density at radius 3 is 2.32 bits per heavy atom. The number of benzene rings is 1. The quantitative estimate of drug-likeness (QED) is 0.704. The first-order valence-electron chi connectivity index (χ1n) is 9.17. The Kier molecular flexibility index (Phi) is 6.66. The fraction of sp³-hybridized carbons (Fsp3) is 0.474. The first-order valence-corrected chi connectivity index (χ1v) is 9.17. The highest BCUT2D eigenvalue weighted by Crippen LogP contribution is 2.25. The second kappa shape index (κ2) is 9.18. The maximum absolute atomic E-state index is 13.0. The summed E-state index contributed by atoms with van der Waals surface area (Å²) in [6.07, 6.45) is -2.30. The van der Waals surface area contributed by atoms with Crippen LogP contribution < -0.4 is 5.32 Å². The Hall–Kier alpha value is -2.42. The zero-order chi connectivity index (χ0) is 20.1. The average molecular weight is 398 g/mol. The summed E-state index contributed by atoms with van der Waals surface area (Å²) >= 11 is 0. The molecule has 1 saturated heterocycles. The lowest BCUT2D eigenvalue weighted by Crippen LogP contribution is -2.29. The van der Waals surface area contributed by atoms with Crippen molar-refractivity contribution >= 4 is 11.6 Å². The van der Waals surface area contributed by atoms with E-state index in [1.54, 1.807) is 12.1 Å². The van der Waals surface area contributed by atoms with Crippen molar-refractivity contribution in [2.45, 2.75) is 45.2 Å². The molecule has 5 nitrogen and oxygen atoms in total. The first-order chi connectivity index (χ1) is 13.4. The number of rotatable bonds is 7. The summed E-state index contributed by atoms with van der Waals surface area (Å²) in [5, 5.41) is 5.99. The summed E-state index contributed by atoms with van der Waals surface area (Å²) in [6, 6.07) is 7.89. The molecule has 1 fully saturated rings. The minimum Gasteiger partial charge on any atom is -0.324 e. The van der Waals surface area contributed by atoms with E-state index in [1.165, 1.54) is 19.3 Å². The van der Waals surface area contributed by atoms with Crippen molar-refractivity contribution in [3.8, 4) is 0 Å². The minimum absolute atomic E-state index is 0.507. The van der Waals surface area contributed by atoms with E-state index >= 15 is 0 Å². The monoisotopic (exact) mass is 398 g/mol. The van der Waals surface area contributed by atoms with Crippen LogP contribution in [0.3, 0.4) is 0 Å². The van der Waals surface area contributed by atoms with Gasteiger partial charge in [-0.3, -0.25) is 14.4 Å². The van der Waals surface area contributed by atoms with Crippen LogP contribution in [0, 0.1) is 0 Å². The third-order valence-corrected chi connectivity index (χ3v) is 4.66. The number of nitrogens with zero attached hydrogens (tertiary/aromatic N) is 3. The molecule has 152 valence electrons. The predicted octanol–water partition coefficient (Wildman–Crippen LogP) is 4.38. The molecular formula is C19H22F4N4O. The van der Waals surface area contributed by atoms with Crippen molar-refractivity contribution in [1.82, 2.24) is 14.7 Å². The number of carbonyl (C=O) groups excluding carboxylic acids is 1. The molecular weight excluding hydrogens is 376 g/mol. The topological polar surface area (TPSA) is 50.2 Å². The number of halogens is 4. The van der Waals surface area contributed by atoms with Crippen LogP contribution in [-0.2, 0) is 17.9 Å². The van der Waals surface area contributed by atoms with Crippen LogP contribution in [0.4, 0.5) is 23.2 Å². The van der Waals surface area contributed by atoms with Gasteiger partial charge in [0.05, 0.1) is 0 Å². The molecule has 0 radical (unpaired) electrons. The lowest BCUT2D eigenvalue weighted by molar-refractivity contribution is -0.117. The van der Waals surface area contributed by atoms with Gasteiger partial charge in [-0.1, -0.05) is 18.6 Å². The fourth-order valence-electron chi connectivity index (χ4n) is 3.27. The Balaban J connectivity index is 1.59. The van der Waals surface area contributed by atoms with Crippen molar-refractivity contribution in [2.24, 2.45) is 0 Å². The van der Waals surface area contributed by atoms with Gasteiger partial charge in [-0.15, -0.1) is 0 Å². The van der Waals surface area contributed by atoms with Gasteiger partial charge < -0.3 is 5.32 Å². The molecule has 2 heterocycles. The van der Waals surface area contributed by atoms with Gasteiger partial charge in [0.15, 0.2) is 0 Å². The second-order valence-corrected chi connectivity index (χ2v) is 6.84. The number of piperidine rings is 1. The van der Waals surface area contributed by atoms with Gasteiger partial charge in [0.2, 0.25) is 5.91 Å². The van der Waals surface area contributed by atoms with Crippen LogP contribution in [0.2, 0.25) is 0 Å². The first kappa shape index (κ1) is 20.3. The predicted molar refractivity (Wildman–Crippen MR) is 96.3 cm³/mol. The Labute approximate surface area is 160 Å². The Morgan fingerprint density at radius 2 is 1.71 bits per heavy atom. The average Bonchev–Trinajstić information content (AvgIpc) is 3.08. The van der Waals surface area contributed by atoms with E-state index in [0.29, 0.717) is 16.4 Å². The van der Waals surface area contributed by atoms with Crippen molar-refractivity contribution in [3.05, 3.63) is 47.3 Å². The molecule has 1 aliphatic rings. The van der Waals surface area contributed by atoms with Gasteiger partial charge >= 0.3 is 0 Å². The van der Waals surface area contributed by atoms with Crippen molar-refractivity contribution in [1.29, 1.82) is 0 Å². The molecule has 1 N–H and O–H groups in total. The fourth-order valence-corrected chi connectivity index (χ4v) is 3.27. The van der Waals surface area contributed by atoms with Gasteiger partial charge in [0.1, 0.15) is 17.9 Å². The highest BCUT2D eigenvalue weighted by atomic mass is 19.3. The number of hydrogen-bond donors (Lipinski definition) is 1. The zero-order valence-electron chi connectivity index (χ0n) is 15.3. The Morgan fingerprint density at radius 1 is 1.04 bits per heavy atom. The number of likely N-dealkylation sites (tertiary alicyclic amines) is 1. The zero-order valence-corrected chi connectivity index (χ0v) is 15.3. The van der Waals surface area contributed by atoms with E-state index in [1.807, 2.05) is 12.1 Å². The van der Waals surface area contributed by atoms with Gasteiger partial charge in [0, 0.05) is 12.2 Å². The van der Waals surface area contributed by atoms with Crippen LogP contribution in [0.5, 0.6) is 0 Å². The summed E-state index contributed by atoms with van der Waals surface area (Å²) in [5.41, 5.74) is 0.147. The lowest BCUT2D eigenvalue weighted by atomic mass is 10.1. The third-order valence-electron chi connectivity index (χ3n) is 4.66. The number of nitrogens with one attached hydrogen (secondary N) is 1. The molecule has 3 rings (SSSR count). The summed E-state index contributed by atoms with van der Waals surface area (Å²) in [7, 11) is 0. The number of hydrogen-bond acceptors (Lipinski definition) is 3. The smallest absolute Gasteiger partial charge is 0.282 e. The minimum atomic E-state index is -3.00. The molecule has 1 aromatic heterocycles. The molecule has 0 saturated carbocycles. The van der Waals surface area contributed by atoms with Gasteiger partial charge in [0.25, 0.3) is 12.9 Å². The molecule has 28 heavy (non-hydrogen) atoms. The summed E-state index contributed by atoms with van der Waals surface area (Å²) < 4.78 is 51.9. The van der Waals surface area contributed by atoms with E-state index in [0.717, 1.165) is 25.2 Å². The molecule has 0 unspecified atom stereocenters. The van der Waals surface area contributed by atoms with Crippen LogP contribution in [-0.4, -0.2) is 33.7 Å². The van der Waals surface area contributed by atoms with Gasteiger partial charge in [-0.05, 0) is 49.7 Å². The summed E-state index contributed by atoms with van der Waals surface area (Å²) in [5.74, 6) is -0.616. The third kappa shape index (κ3) is 5.31. The van der Waals surface area contributed by atoms with Crippen LogP contribution in [0.15, 0.2) is 30.3 Å². The summed E-state index contributed by atoms with van der Waals surface area (Å²) in [4.78, 5) is 14.5.